The van der Waals surface area contributed by atoms with E-state index in [1.165, 1.54) is 44.5 Å². The molecule has 3 aliphatic heterocycles. The zero-order chi connectivity index (χ0) is 16.9. The summed E-state index contributed by atoms with van der Waals surface area (Å²) < 4.78 is 11.4. The summed E-state index contributed by atoms with van der Waals surface area (Å²) in [6.45, 7) is 5.05. The van der Waals surface area contributed by atoms with Crippen molar-refractivity contribution in [2.45, 2.75) is 19.3 Å². The maximum absolute atomic E-state index is 5.79. The maximum atomic E-state index is 5.79. The highest BCUT2D eigenvalue weighted by Crippen LogP contribution is 2.34. The van der Waals surface area contributed by atoms with Crippen molar-refractivity contribution >= 4 is 0 Å². The molecule has 3 heterocycles. The van der Waals surface area contributed by atoms with Crippen LogP contribution < -0.4 is 9.47 Å². The molecule has 3 saturated heterocycles. The molecule has 0 aromatic heterocycles. The zero-order valence-corrected chi connectivity index (χ0v) is 14.8. The highest BCUT2D eigenvalue weighted by Gasteiger charge is 2.33. The van der Waals surface area contributed by atoms with E-state index in [-0.39, 0.29) is 0 Å². The lowest BCUT2D eigenvalue weighted by atomic mass is 9.76. The quantitative estimate of drug-likeness (QED) is 0.712. The highest BCUT2D eigenvalue weighted by molar-refractivity contribution is 5.28. The van der Waals surface area contributed by atoms with Gasteiger partial charge in [-0.25, -0.2) is 0 Å². The molecule has 0 N–H and O–H groups in total. The van der Waals surface area contributed by atoms with Crippen LogP contribution in [0.1, 0.15) is 18.4 Å². The predicted molar refractivity (Wildman–Crippen MR) is 100 cm³/mol. The van der Waals surface area contributed by atoms with Gasteiger partial charge in [0, 0.05) is 6.54 Å². The number of piperidine rings is 3. The molecule has 132 valence electrons. The lowest BCUT2D eigenvalue weighted by Gasteiger charge is -2.45. The Kier molecular flexibility index (Phi) is 5.22. The second-order valence-corrected chi connectivity index (χ2v) is 7.26. The molecule has 2 aromatic rings. The Morgan fingerprint density at radius 3 is 2.04 bits per heavy atom. The number of nitrogens with zero attached hydrogens (tertiary/aromatic N) is 1. The fraction of sp³-hybridized carbons (Fsp3) is 0.455. The number of hydrogen-bond donors (Lipinski definition) is 0. The molecule has 1 atom stereocenters. The van der Waals surface area contributed by atoms with Gasteiger partial charge in [-0.05, 0) is 74.0 Å². The van der Waals surface area contributed by atoms with Crippen LogP contribution >= 0.6 is 0 Å². The molecule has 25 heavy (non-hydrogen) atoms. The van der Waals surface area contributed by atoms with Crippen LogP contribution in [-0.4, -0.2) is 37.7 Å². The first-order valence-electron chi connectivity index (χ1n) is 9.49. The van der Waals surface area contributed by atoms with E-state index in [4.69, 9.17) is 9.47 Å². The third-order valence-electron chi connectivity index (χ3n) is 5.58. The van der Waals surface area contributed by atoms with Crippen molar-refractivity contribution in [2.24, 2.45) is 11.8 Å². The van der Waals surface area contributed by atoms with Crippen LogP contribution in [0.5, 0.6) is 11.5 Å². The maximum Gasteiger partial charge on any atom is 0.122 e. The SMILES string of the molecule is c1ccc(OCCOc2ccc(CC3CN4CCC3CC4)cc2)cc1. The lowest BCUT2D eigenvalue weighted by molar-refractivity contribution is 0.0512. The zero-order valence-electron chi connectivity index (χ0n) is 14.8. The van der Waals surface area contributed by atoms with Crippen LogP contribution in [0.25, 0.3) is 0 Å². The molecule has 0 aliphatic carbocycles. The van der Waals surface area contributed by atoms with E-state index in [0.29, 0.717) is 13.2 Å². The molecule has 0 amide bonds. The molecule has 3 fully saturated rings. The minimum absolute atomic E-state index is 0.561. The van der Waals surface area contributed by atoms with Gasteiger partial charge in [0.2, 0.25) is 0 Å². The average Bonchev–Trinajstić information content (AvgIpc) is 2.68. The summed E-state index contributed by atoms with van der Waals surface area (Å²) in [5.74, 6) is 3.60. The highest BCUT2D eigenvalue weighted by atomic mass is 16.5. The first-order valence-corrected chi connectivity index (χ1v) is 9.49. The topological polar surface area (TPSA) is 21.7 Å². The molecule has 0 spiro atoms. The average molecular weight is 337 g/mol. The van der Waals surface area contributed by atoms with Crippen molar-refractivity contribution in [3.63, 3.8) is 0 Å². The molecule has 0 saturated carbocycles. The lowest BCUT2D eigenvalue weighted by Crippen LogP contribution is -2.48. The number of ether oxygens (including phenoxy) is 2. The molecule has 2 aromatic carbocycles. The number of para-hydroxylation sites is 1. The summed E-state index contributed by atoms with van der Waals surface area (Å²) in [4.78, 5) is 2.63. The Hall–Kier alpha value is -2.00. The third kappa shape index (κ3) is 4.35. The van der Waals surface area contributed by atoms with Gasteiger partial charge >= 0.3 is 0 Å². The number of benzene rings is 2. The Labute approximate surface area is 150 Å². The summed E-state index contributed by atoms with van der Waals surface area (Å²) in [6.07, 6.45) is 4.00. The van der Waals surface area contributed by atoms with E-state index in [1.54, 1.807) is 0 Å². The Morgan fingerprint density at radius 2 is 1.44 bits per heavy atom. The van der Waals surface area contributed by atoms with Crippen LogP contribution in [0, 0.1) is 11.8 Å². The molecular weight excluding hydrogens is 310 g/mol. The van der Waals surface area contributed by atoms with Crippen molar-refractivity contribution in [3.05, 3.63) is 60.2 Å². The van der Waals surface area contributed by atoms with Gasteiger partial charge in [0.05, 0.1) is 0 Å². The summed E-state index contributed by atoms with van der Waals surface area (Å²) in [6, 6.07) is 18.5. The standard InChI is InChI=1S/C22H27NO2/c1-2-4-21(5-3-1)24-14-15-25-22-8-6-18(7-9-22)16-20-17-23-12-10-19(20)11-13-23/h1-9,19-20H,10-17H2. The van der Waals surface area contributed by atoms with Crippen molar-refractivity contribution < 1.29 is 9.47 Å². The summed E-state index contributed by atoms with van der Waals surface area (Å²) in [5, 5.41) is 0. The number of hydrogen-bond acceptors (Lipinski definition) is 3. The second kappa shape index (κ2) is 7.92. The Morgan fingerprint density at radius 1 is 0.800 bits per heavy atom. The van der Waals surface area contributed by atoms with E-state index >= 15 is 0 Å². The van der Waals surface area contributed by atoms with Gasteiger partial charge in [-0.15, -0.1) is 0 Å². The monoisotopic (exact) mass is 337 g/mol. The normalized spacial score (nSPS) is 24.9. The van der Waals surface area contributed by atoms with Gasteiger partial charge in [0.15, 0.2) is 0 Å². The number of fused-ring (bicyclic) bond motifs is 3. The van der Waals surface area contributed by atoms with E-state index in [2.05, 4.69) is 29.2 Å². The molecule has 1 unspecified atom stereocenters. The van der Waals surface area contributed by atoms with Crippen LogP contribution in [0.4, 0.5) is 0 Å². The summed E-state index contributed by atoms with van der Waals surface area (Å²) in [5.41, 5.74) is 1.44. The molecule has 2 bridgehead atoms. The van der Waals surface area contributed by atoms with Crippen molar-refractivity contribution in [2.75, 3.05) is 32.8 Å². The fourth-order valence-corrected chi connectivity index (χ4v) is 4.18. The van der Waals surface area contributed by atoms with Gasteiger partial charge < -0.3 is 14.4 Å². The molecule has 3 nitrogen and oxygen atoms in total. The predicted octanol–water partition coefficient (Wildman–Crippen LogP) is 4.03. The number of rotatable bonds is 7. The molecule has 3 aliphatic rings. The van der Waals surface area contributed by atoms with Gasteiger partial charge in [0.1, 0.15) is 24.7 Å². The van der Waals surface area contributed by atoms with E-state index in [9.17, 15) is 0 Å². The third-order valence-corrected chi connectivity index (χ3v) is 5.58. The Bertz CT molecular complexity index is 647. The molecular formula is C22H27NO2. The van der Waals surface area contributed by atoms with Crippen molar-refractivity contribution in [3.8, 4) is 11.5 Å². The molecule has 3 heteroatoms. The first kappa shape index (κ1) is 16.5. The molecule has 0 radical (unpaired) electrons. The van der Waals surface area contributed by atoms with Crippen molar-refractivity contribution in [1.29, 1.82) is 0 Å². The van der Waals surface area contributed by atoms with Crippen LogP contribution in [0.3, 0.4) is 0 Å². The van der Waals surface area contributed by atoms with Crippen LogP contribution in [0.15, 0.2) is 54.6 Å². The van der Waals surface area contributed by atoms with E-state index < -0.39 is 0 Å². The minimum atomic E-state index is 0.561. The van der Waals surface area contributed by atoms with E-state index in [0.717, 1.165) is 23.3 Å². The molecule has 5 rings (SSSR count). The fourth-order valence-electron chi connectivity index (χ4n) is 4.18. The Balaban J connectivity index is 1.22. The summed E-state index contributed by atoms with van der Waals surface area (Å²) in [7, 11) is 0. The van der Waals surface area contributed by atoms with Gasteiger partial charge in [0.25, 0.3) is 0 Å². The van der Waals surface area contributed by atoms with Crippen LogP contribution in [-0.2, 0) is 6.42 Å². The minimum Gasteiger partial charge on any atom is -0.490 e. The van der Waals surface area contributed by atoms with Crippen LogP contribution in [0.2, 0.25) is 0 Å². The van der Waals surface area contributed by atoms with Crippen molar-refractivity contribution in [1.82, 2.24) is 4.90 Å². The van der Waals surface area contributed by atoms with E-state index in [1.807, 2.05) is 30.3 Å². The largest absolute Gasteiger partial charge is 0.490 e. The second-order valence-electron chi connectivity index (χ2n) is 7.26. The van der Waals surface area contributed by atoms with Gasteiger partial charge in [-0.2, -0.15) is 0 Å². The first-order chi connectivity index (χ1) is 12.4. The smallest absolute Gasteiger partial charge is 0.122 e. The summed E-state index contributed by atoms with van der Waals surface area (Å²) >= 11 is 0. The van der Waals surface area contributed by atoms with Gasteiger partial charge in [-0.3, -0.25) is 0 Å². The van der Waals surface area contributed by atoms with Gasteiger partial charge in [-0.1, -0.05) is 30.3 Å².